The zero-order valence-electron chi connectivity index (χ0n) is 8.53. The van der Waals surface area contributed by atoms with E-state index in [1.54, 1.807) is 0 Å². The summed E-state index contributed by atoms with van der Waals surface area (Å²) in [6.07, 6.45) is 10.4. The van der Waals surface area contributed by atoms with Gasteiger partial charge in [-0.2, -0.15) is 10.2 Å². The maximum absolute atomic E-state index is 4.09. The summed E-state index contributed by atoms with van der Waals surface area (Å²) in [5, 5.41) is 0. The lowest BCUT2D eigenvalue weighted by Crippen LogP contribution is -2.27. The molecule has 0 aromatic carbocycles. The molecule has 0 atom stereocenters. The lowest BCUT2D eigenvalue weighted by Gasteiger charge is -2.45. The van der Waals surface area contributed by atoms with Gasteiger partial charge < -0.3 is 0 Å². The highest BCUT2D eigenvalue weighted by Gasteiger charge is 2.28. The Bertz CT molecular complexity index is 244. The molecule has 0 saturated carbocycles. The van der Waals surface area contributed by atoms with Crippen LogP contribution in [0.25, 0.3) is 0 Å². The number of hydrogen-bond donors (Lipinski definition) is 0. The van der Waals surface area contributed by atoms with Gasteiger partial charge >= 0.3 is 0 Å². The molecule has 0 unspecified atom stereocenters. The molecule has 0 spiro atoms. The number of aromatic nitrogens is 2. The molecule has 1 aromatic heterocycles. The lowest BCUT2D eigenvalue weighted by molar-refractivity contribution is 0.778. The van der Waals surface area contributed by atoms with Crippen LogP contribution in [0.1, 0.15) is 20.8 Å². The van der Waals surface area contributed by atoms with E-state index < -0.39 is 10.2 Å². The van der Waals surface area contributed by atoms with Gasteiger partial charge in [-0.05, 0) is 12.5 Å². The van der Waals surface area contributed by atoms with Gasteiger partial charge in [0.25, 0.3) is 0 Å². The topological polar surface area (TPSA) is 17.8 Å². The van der Waals surface area contributed by atoms with Crippen LogP contribution in [0.5, 0.6) is 0 Å². The Labute approximate surface area is 76.5 Å². The summed E-state index contributed by atoms with van der Waals surface area (Å²) in [7, 11) is -0.779. The predicted molar refractivity (Wildman–Crippen MR) is 56.8 cm³/mol. The highest BCUT2D eigenvalue weighted by molar-refractivity contribution is 8.32. The van der Waals surface area contributed by atoms with Gasteiger partial charge in [0.15, 0.2) is 0 Å². The van der Waals surface area contributed by atoms with Crippen LogP contribution in [0, 0.1) is 0 Å². The van der Waals surface area contributed by atoms with E-state index >= 15 is 0 Å². The third-order valence-corrected chi connectivity index (χ3v) is 6.77. The summed E-state index contributed by atoms with van der Waals surface area (Å²) < 4.78 is 2.57. The molecule has 0 amide bonds. The average Bonchev–Trinajstić information content (AvgIpc) is 2.34. The quantitative estimate of drug-likeness (QED) is 0.659. The van der Waals surface area contributed by atoms with Gasteiger partial charge in [-0.3, -0.25) is 3.97 Å². The molecule has 1 heterocycles. The molecule has 0 aliphatic heterocycles. The Hall–Kier alpha value is -0.440. The van der Waals surface area contributed by atoms with Crippen LogP contribution in [0.15, 0.2) is 18.7 Å². The van der Waals surface area contributed by atoms with Gasteiger partial charge in [-0.1, -0.05) is 20.8 Å². The van der Waals surface area contributed by atoms with Crippen molar-refractivity contribution in [2.24, 2.45) is 0 Å². The molecule has 12 heavy (non-hydrogen) atoms. The summed E-state index contributed by atoms with van der Waals surface area (Å²) >= 11 is 0. The van der Waals surface area contributed by atoms with E-state index in [1.165, 1.54) is 0 Å². The lowest BCUT2D eigenvalue weighted by atomic mass is 10.3. The van der Waals surface area contributed by atoms with Crippen molar-refractivity contribution in [3.05, 3.63) is 18.7 Å². The number of nitrogens with zero attached hydrogens (tertiary/aromatic N) is 2. The van der Waals surface area contributed by atoms with Crippen molar-refractivity contribution >= 4 is 10.2 Å². The second kappa shape index (κ2) is 2.80. The normalized spacial score (nSPS) is 14.8. The van der Waals surface area contributed by atoms with E-state index in [0.717, 1.165) is 0 Å². The molecule has 0 radical (unpaired) electrons. The first-order chi connectivity index (χ1) is 5.36. The standard InChI is InChI=1S/C9H18N2S/c1-9(2,3)12(4,5)11-7-6-10-8-11/h6-8H,1-5H3. The third kappa shape index (κ3) is 1.51. The van der Waals surface area contributed by atoms with Crippen molar-refractivity contribution in [2.45, 2.75) is 25.5 Å². The molecular formula is C9H18N2S. The van der Waals surface area contributed by atoms with Gasteiger partial charge in [0.2, 0.25) is 0 Å². The maximum atomic E-state index is 4.09. The van der Waals surface area contributed by atoms with Gasteiger partial charge in [0.05, 0.1) is 0 Å². The third-order valence-electron chi connectivity index (χ3n) is 2.51. The smallest absolute Gasteiger partial charge is 0.103 e. The first-order valence-electron chi connectivity index (χ1n) is 4.07. The van der Waals surface area contributed by atoms with Crippen molar-refractivity contribution in [3.8, 4) is 0 Å². The van der Waals surface area contributed by atoms with Crippen molar-refractivity contribution in [1.82, 2.24) is 8.96 Å². The molecule has 2 nitrogen and oxygen atoms in total. The van der Waals surface area contributed by atoms with E-state index in [9.17, 15) is 0 Å². The molecule has 1 aromatic rings. The van der Waals surface area contributed by atoms with E-state index in [-0.39, 0.29) is 0 Å². The van der Waals surface area contributed by atoms with Crippen molar-refractivity contribution < 1.29 is 0 Å². The number of hydrogen-bond acceptors (Lipinski definition) is 1. The van der Waals surface area contributed by atoms with Gasteiger partial charge in [-0.15, -0.1) is 0 Å². The molecule has 1 rings (SSSR count). The zero-order valence-corrected chi connectivity index (χ0v) is 9.35. The monoisotopic (exact) mass is 186 g/mol. The Balaban J connectivity index is 3.02. The summed E-state index contributed by atoms with van der Waals surface area (Å²) in [6, 6.07) is 0. The summed E-state index contributed by atoms with van der Waals surface area (Å²) in [6.45, 7) is 6.84. The fraction of sp³-hybridized carbons (Fsp3) is 0.667. The maximum Gasteiger partial charge on any atom is 0.103 e. The molecule has 0 bridgehead atoms. The van der Waals surface area contributed by atoms with Crippen molar-refractivity contribution in [3.63, 3.8) is 0 Å². The second-order valence-electron chi connectivity index (χ2n) is 4.31. The van der Waals surface area contributed by atoms with Crippen LogP contribution in [0.4, 0.5) is 0 Å². The predicted octanol–water partition coefficient (Wildman–Crippen LogP) is 2.51. The number of rotatable bonds is 1. The highest BCUT2D eigenvalue weighted by atomic mass is 32.3. The first kappa shape index (κ1) is 9.65. The van der Waals surface area contributed by atoms with Crippen LogP contribution in [0.3, 0.4) is 0 Å². The van der Waals surface area contributed by atoms with Crippen LogP contribution in [-0.2, 0) is 0 Å². The Morgan fingerprint density at radius 2 is 1.83 bits per heavy atom. The van der Waals surface area contributed by atoms with E-state index in [4.69, 9.17) is 0 Å². The summed E-state index contributed by atoms with van der Waals surface area (Å²) in [5.41, 5.74) is 0. The molecule has 0 fully saturated rings. The second-order valence-corrected chi connectivity index (χ2v) is 8.50. The minimum absolute atomic E-state index is 0.327. The highest BCUT2D eigenvalue weighted by Crippen LogP contribution is 2.53. The summed E-state index contributed by atoms with van der Waals surface area (Å²) in [5.74, 6) is 0. The number of imidazole rings is 1. The largest absolute Gasteiger partial charge is 0.299 e. The molecular weight excluding hydrogens is 168 g/mol. The van der Waals surface area contributed by atoms with E-state index in [0.29, 0.717) is 4.75 Å². The molecule has 70 valence electrons. The van der Waals surface area contributed by atoms with E-state index in [1.807, 2.05) is 12.5 Å². The van der Waals surface area contributed by atoms with Crippen molar-refractivity contribution in [2.75, 3.05) is 12.5 Å². The molecule has 0 saturated heterocycles. The fourth-order valence-electron chi connectivity index (χ4n) is 0.833. The van der Waals surface area contributed by atoms with Gasteiger partial charge in [0, 0.05) is 17.1 Å². The Kier molecular flexibility index (Phi) is 2.25. The van der Waals surface area contributed by atoms with Crippen LogP contribution in [-0.4, -0.2) is 26.2 Å². The van der Waals surface area contributed by atoms with E-state index in [2.05, 4.69) is 48.4 Å². The fourth-order valence-corrected chi connectivity index (χ4v) is 2.11. The van der Waals surface area contributed by atoms with Crippen molar-refractivity contribution in [1.29, 1.82) is 0 Å². The van der Waals surface area contributed by atoms with Crippen LogP contribution < -0.4 is 0 Å². The SMILES string of the molecule is CC(C)(C)S(C)(C)n1ccnc1. The van der Waals surface area contributed by atoms with Crippen LogP contribution >= 0.6 is 10.2 Å². The van der Waals surface area contributed by atoms with Crippen LogP contribution in [0.2, 0.25) is 0 Å². The molecule has 0 N–H and O–H groups in total. The minimum Gasteiger partial charge on any atom is -0.299 e. The molecule has 0 aliphatic carbocycles. The summed E-state index contributed by atoms with van der Waals surface area (Å²) in [4.78, 5) is 4.09. The first-order valence-corrected chi connectivity index (χ1v) is 6.48. The average molecular weight is 186 g/mol. The van der Waals surface area contributed by atoms with Gasteiger partial charge in [0.1, 0.15) is 6.33 Å². The molecule has 3 heteroatoms. The molecule has 0 aliphatic rings. The minimum atomic E-state index is -0.779. The zero-order chi connectivity index (χ0) is 9.41. The Morgan fingerprint density at radius 3 is 2.17 bits per heavy atom. The Morgan fingerprint density at radius 1 is 1.25 bits per heavy atom. The van der Waals surface area contributed by atoms with Gasteiger partial charge in [-0.25, -0.2) is 4.98 Å².